The summed E-state index contributed by atoms with van der Waals surface area (Å²) in [5, 5.41) is 11.9. The van der Waals surface area contributed by atoms with E-state index >= 15 is 0 Å². The van der Waals surface area contributed by atoms with Gasteiger partial charge in [0, 0.05) is 32.4 Å². The smallest absolute Gasteiger partial charge is 0.128 e. The SMILES string of the molecule is CNC(C)c1ccnc(N(CCC#N)CCOC)c1. The normalized spacial score (nSPS) is 11.9. The fraction of sp³-hybridized carbons (Fsp3) is 0.571. The van der Waals surface area contributed by atoms with Crippen LogP contribution in [0.3, 0.4) is 0 Å². The van der Waals surface area contributed by atoms with Gasteiger partial charge >= 0.3 is 0 Å². The zero-order valence-corrected chi connectivity index (χ0v) is 11.9. The number of nitrogens with one attached hydrogen (secondary N) is 1. The predicted molar refractivity (Wildman–Crippen MR) is 76.0 cm³/mol. The first kappa shape index (κ1) is 15.4. The standard InChI is InChI=1S/C14H22N4O/c1-12(16-2)13-5-7-17-14(11-13)18(8-4-6-15)9-10-19-3/h5,7,11-12,16H,4,8-10H2,1-3H3. The maximum absolute atomic E-state index is 8.73. The number of nitrogens with zero attached hydrogens (tertiary/aromatic N) is 3. The molecule has 0 fully saturated rings. The average Bonchev–Trinajstić information content (AvgIpc) is 2.46. The summed E-state index contributed by atoms with van der Waals surface area (Å²) in [4.78, 5) is 6.48. The first-order valence-electron chi connectivity index (χ1n) is 6.47. The van der Waals surface area contributed by atoms with Crippen molar-refractivity contribution in [3.8, 4) is 6.07 Å². The van der Waals surface area contributed by atoms with E-state index in [1.165, 1.54) is 5.56 Å². The predicted octanol–water partition coefficient (Wildman–Crippen LogP) is 1.73. The van der Waals surface area contributed by atoms with Gasteiger partial charge < -0.3 is 15.0 Å². The molecule has 1 aromatic rings. The number of pyridine rings is 1. The van der Waals surface area contributed by atoms with E-state index in [0.29, 0.717) is 19.6 Å². The zero-order chi connectivity index (χ0) is 14.1. The lowest BCUT2D eigenvalue weighted by Crippen LogP contribution is -2.29. The molecule has 0 aliphatic rings. The van der Waals surface area contributed by atoms with Crippen LogP contribution in [-0.4, -0.2) is 38.8 Å². The Balaban J connectivity index is 2.85. The number of rotatable bonds is 8. The molecule has 5 nitrogen and oxygen atoms in total. The first-order chi connectivity index (χ1) is 9.22. The zero-order valence-electron chi connectivity index (χ0n) is 11.9. The summed E-state index contributed by atoms with van der Waals surface area (Å²) in [7, 11) is 3.61. The summed E-state index contributed by atoms with van der Waals surface area (Å²) in [5.74, 6) is 0.895. The van der Waals surface area contributed by atoms with Crippen LogP contribution in [0.5, 0.6) is 0 Å². The van der Waals surface area contributed by atoms with E-state index in [9.17, 15) is 0 Å². The molecule has 19 heavy (non-hydrogen) atoms. The van der Waals surface area contributed by atoms with Gasteiger partial charge in [0.1, 0.15) is 5.82 Å². The van der Waals surface area contributed by atoms with Gasteiger partial charge in [0.15, 0.2) is 0 Å². The number of hydrogen-bond donors (Lipinski definition) is 1. The minimum atomic E-state index is 0.280. The number of nitriles is 1. The van der Waals surface area contributed by atoms with Crippen LogP contribution in [0.4, 0.5) is 5.82 Å². The molecule has 0 aliphatic heterocycles. The summed E-state index contributed by atoms with van der Waals surface area (Å²) >= 11 is 0. The molecule has 104 valence electrons. The van der Waals surface area contributed by atoms with Crippen LogP contribution in [-0.2, 0) is 4.74 Å². The lowest BCUT2D eigenvalue weighted by Gasteiger charge is -2.23. The Kier molecular flexibility index (Phi) is 6.86. The van der Waals surface area contributed by atoms with Crippen LogP contribution in [0.1, 0.15) is 24.9 Å². The van der Waals surface area contributed by atoms with E-state index in [-0.39, 0.29) is 6.04 Å². The van der Waals surface area contributed by atoms with Crippen molar-refractivity contribution in [3.63, 3.8) is 0 Å². The summed E-state index contributed by atoms with van der Waals surface area (Å²) < 4.78 is 5.11. The first-order valence-corrected chi connectivity index (χ1v) is 6.47. The minimum absolute atomic E-state index is 0.280. The van der Waals surface area contributed by atoms with Crippen molar-refractivity contribution in [1.82, 2.24) is 10.3 Å². The second-order valence-electron chi connectivity index (χ2n) is 4.35. The van der Waals surface area contributed by atoms with Crippen LogP contribution < -0.4 is 10.2 Å². The Morgan fingerprint density at radius 1 is 1.53 bits per heavy atom. The molecule has 1 atom stereocenters. The van der Waals surface area contributed by atoms with Crippen LogP contribution in [0, 0.1) is 11.3 Å². The number of ether oxygens (including phenoxy) is 1. The fourth-order valence-corrected chi connectivity index (χ4v) is 1.77. The van der Waals surface area contributed by atoms with Crippen molar-refractivity contribution < 1.29 is 4.74 Å². The highest BCUT2D eigenvalue weighted by Gasteiger charge is 2.10. The third-order valence-corrected chi connectivity index (χ3v) is 3.09. The highest BCUT2D eigenvalue weighted by molar-refractivity contribution is 5.42. The van der Waals surface area contributed by atoms with Crippen LogP contribution in [0.15, 0.2) is 18.3 Å². The molecule has 5 heteroatoms. The largest absolute Gasteiger partial charge is 0.383 e. The van der Waals surface area contributed by atoms with Gasteiger partial charge in [-0.25, -0.2) is 4.98 Å². The van der Waals surface area contributed by atoms with Gasteiger partial charge in [-0.1, -0.05) is 0 Å². The van der Waals surface area contributed by atoms with Crippen LogP contribution >= 0.6 is 0 Å². The third-order valence-electron chi connectivity index (χ3n) is 3.09. The Morgan fingerprint density at radius 3 is 2.95 bits per heavy atom. The van der Waals surface area contributed by atoms with Crippen molar-refractivity contribution in [2.75, 3.05) is 38.8 Å². The molecule has 0 saturated heterocycles. The van der Waals surface area contributed by atoms with Crippen LogP contribution in [0.2, 0.25) is 0 Å². The second kappa shape index (κ2) is 8.46. The number of methoxy groups -OCH3 is 1. The molecule has 1 heterocycles. The highest BCUT2D eigenvalue weighted by atomic mass is 16.5. The van der Waals surface area contributed by atoms with E-state index in [1.54, 1.807) is 7.11 Å². The molecule has 0 saturated carbocycles. The molecule has 1 N–H and O–H groups in total. The number of hydrogen-bond acceptors (Lipinski definition) is 5. The minimum Gasteiger partial charge on any atom is -0.383 e. The van der Waals surface area contributed by atoms with E-state index in [0.717, 1.165) is 12.4 Å². The number of aromatic nitrogens is 1. The van der Waals surface area contributed by atoms with Gasteiger partial charge in [0.25, 0.3) is 0 Å². The maximum Gasteiger partial charge on any atom is 0.128 e. The van der Waals surface area contributed by atoms with Gasteiger partial charge in [0.2, 0.25) is 0 Å². The van der Waals surface area contributed by atoms with Gasteiger partial charge in [-0.15, -0.1) is 0 Å². The molecule has 1 unspecified atom stereocenters. The topological polar surface area (TPSA) is 61.2 Å². The van der Waals surface area contributed by atoms with Gasteiger partial charge in [-0.2, -0.15) is 5.26 Å². The summed E-state index contributed by atoms with van der Waals surface area (Å²) in [6, 6.07) is 6.52. The summed E-state index contributed by atoms with van der Waals surface area (Å²) in [6.07, 6.45) is 2.29. The maximum atomic E-state index is 8.73. The highest BCUT2D eigenvalue weighted by Crippen LogP contribution is 2.18. The van der Waals surface area contributed by atoms with Gasteiger partial charge in [0.05, 0.1) is 19.1 Å². The molecule has 0 amide bonds. The molecular weight excluding hydrogens is 240 g/mol. The molecule has 0 aliphatic carbocycles. The molecular formula is C14H22N4O. The molecule has 0 radical (unpaired) electrons. The Bertz CT molecular complexity index is 416. The summed E-state index contributed by atoms with van der Waals surface area (Å²) in [5.41, 5.74) is 1.19. The van der Waals surface area contributed by atoms with Gasteiger partial charge in [-0.3, -0.25) is 0 Å². The van der Waals surface area contributed by atoms with Gasteiger partial charge in [-0.05, 0) is 31.7 Å². The fourth-order valence-electron chi connectivity index (χ4n) is 1.77. The van der Waals surface area contributed by atoms with Crippen molar-refractivity contribution in [2.45, 2.75) is 19.4 Å². The van der Waals surface area contributed by atoms with Crippen molar-refractivity contribution >= 4 is 5.82 Å². The van der Waals surface area contributed by atoms with E-state index in [4.69, 9.17) is 10.00 Å². The quantitative estimate of drug-likeness (QED) is 0.773. The summed E-state index contributed by atoms with van der Waals surface area (Å²) in [6.45, 7) is 4.14. The lowest BCUT2D eigenvalue weighted by atomic mass is 10.1. The lowest BCUT2D eigenvalue weighted by molar-refractivity contribution is 0.205. The molecule has 1 aromatic heterocycles. The van der Waals surface area contributed by atoms with E-state index < -0.39 is 0 Å². The Morgan fingerprint density at radius 2 is 2.32 bits per heavy atom. The average molecular weight is 262 g/mol. The second-order valence-corrected chi connectivity index (χ2v) is 4.35. The van der Waals surface area contributed by atoms with Crippen molar-refractivity contribution in [3.05, 3.63) is 23.9 Å². The number of anilines is 1. The molecule has 0 spiro atoms. The van der Waals surface area contributed by atoms with Crippen LogP contribution in [0.25, 0.3) is 0 Å². The third kappa shape index (κ3) is 4.86. The molecule has 0 bridgehead atoms. The monoisotopic (exact) mass is 262 g/mol. The van der Waals surface area contributed by atoms with Crippen molar-refractivity contribution in [1.29, 1.82) is 5.26 Å². The molecule has 1 rings (SSSR count). The molecule has 0 aromatic carbocycles. The van der Waals surface area contributed by atoms with E-state index in [1.807, 2.05) is 19.3 Å². The van der Waals surface area contributed by atoms with E-state index in [2.05, 4.69) is 34.3 Å². The van der Waals surface area contributed by atoms with Crippen molar-refractivity contribution in [2.24, 2.45) is 0 Å². The Hall–Kier alpha value is -1.64. The Labute approximate surface area is 115 Å².